The van der Waals surface area contributed by atoms with E-state index in [4.69, 9.17) is 18.9 Å². The van der Waals surface area contributed by atoms with Crippen LogP contribution in [0, 0.1) is 5.41 Å². The minimum absolute atomic E-state index is 0.131. The smallest absolute Gasteiger partial charge is 0.333 e. The molecule has 248 valence electrons. The van der Waals surface area contributed by atoms with Crippen LogP contribution in [0.4, 0.5) is 0 Å². The van der Waals surface area contributed by atoms with Gasteiger partial charge >= 0.3 is 11.9 Å². The van der Waals surface area contributed by atoms with E-state index >= 15 is 0 Å². The van der Waals surface area contributed by atoms with Crippen LogP contribution in [0.25, 0.3) is 0 Å². The summed E-state index contributed by atoms with van der Waals surface area (Å²) in [6.45, 7) is 26.6. The van der Waals surface area contributed by atoms with E-state index in [1.54, 1.807) is 0 Å². The van der Waals surface area contributed by atoms with Crippen LogP contribution in [-0.4, -0.2) is 73.5 Å². The molecule has 0 aromatic heterocycles. The van der Waals surface area contributed by atoms with Crippen molar-refractivity contribution < 1.29 is 38.1 Å². The number of ether oxygens (including phenoxy) is 4. The summed E-state index contributed by atoms with van der Waals surface area (Å²) in [5, 5.41) is 5.76. The molecule has 0 aromatic carbocycles. The average Bonchev–Trinajstić information content (AvgIpc) is 2.87. The zero-order valence-corrected chi connectivity index (χ0v) is 28.5. The third-order valence-corrected chi connectivity index (χ3v) is 7.02. The van der Waals surface area contributed by atoms with E-state index in [-0.39, 0.29) is 42.3 Å². The van der Waals surface area contributed by atoms with Gasteiger partial charge in [-0.05, 0) is 86.5 Å². The lowest BCUT2D eigenvalue weighted by Crippen LogP contribution is -2.49. The lowest BCUT2D eigenvalue weighted by atomic mass is 9.73. The normalized spacial score (nSPS) is 13.4. The Bertz CT molecular complexity index is 970. The Hall–Kier alpha value is -2.72. The fourth-order valence-corrected chi connectivity index (χ4v) is 4.66. The van der Waals surface area contributed by atoms with E-state index in [1.807, 2.05) is 27.7 Å². The topological polar surface area (TPSA) is 129 Å². The quantitative estimate of drug-likeness (QED) is 0.127. The van der Waals surface area contributed by atoms with E-state index in [0.29, 0.717) is 19.6 Å². The number of carbonyl (C=O) groups excluding carboxylic acids is 4. The van der Waals surface area contributed by atoms with Crippen LogP contribution in [0.1, 0.15) is 108 Å². The first-order valence-electron chi connectivity index (χ1n) is 15.2. The fourth-order valence-electron chi connectivity index (χ4n) is 4.66. The van der Waals surface area contributed by atoms with Gasteiger partial charge in [0.1, 0.15) is 0 Å². The molecule has 0 heterocycles. The third-order valence-electron chi connectivity index (χ3n) is 7.02. The molecule has 0 fully saturated rings. The molecule has 0 rings (SSSR count). The molecule has 0 bridgehead atoms. The van der Waals surface area contributed by atoms with Gasteiger partial charge in [-0.15, -0.1) is 0 Å². The van der Waals surface area contributed by atoms with Crippen molar-refractivity contribution in [1.82, 2.24) is 10.6 Å². The molecule has 0 saturated carbocycles. The highest BCUT2D eigenvalue weighted by Crippen LogP contribution is 2.39. The number of unbranched alkanes of at least 4 members (excludes halogenated alkanes) is 1. The van der Waals surface area contributed by atoms with Crippen molar-refractivity contribution >= 4 is 23.8 Å². The number of rotatable bonds is 22. The molecule has 0 aromatic rings. The van der Waals surface area contributed by atoms with Gasteiger partial charge in [-0.3, -0.25) is 9.59 Å². The Morgan fingerprint density at radius 3 is 1.65 bits per heavy atom. The van der Waals surface area contributed by atoms with Crippen molar-refractivity contribution in [3.8, 4) is 0 Å². The van der Waals surface area contributed by atoms with Crippen LogP contribution in [0.3, 0.4) is 0 Å². The summed E-state index contributed by atoms with van der Waals surface area (Å²) in [7, 11) is 0. The second kappa shape index (κ2) is 18.2. The Labute approximate surface area is 259 Å². The summed E-state index contributed by atoms with van der Waals surface area (Å²) in [4.78, 5) is 47.7. The van der Waals surface area contributed by atoms with Gasteiger partial charge in [0.2, 0.25) is 0 Å². The summed E-state index contributed by atoms with van der Waals surface area (Å²) in [5.74, 6) is -1.99. The SMILES string of the molecule is C=C(C)C(=O)OCC(=O)NC(C)(C)CCOC(C)(C)CC(CC)(CCCC)COCC(C)(C)NC(=O)COC(=O)C(=C)C. The van der Waals surface area contributed by atoms with E-state index in [9.17, 15) is 19.2 Å². The number of carbonyl (C=O) groups is 4. The molecule has 10 heteroatoms. The molecule has 10 nitrogen and oxygen atoms in total. The molecular weight excluding hydrogens is 552 g/mol. The Morgan fingerprint density at radius 1 is 0.721 bits per heavy atom. The highest BCUT2D eigenvalue weighted by atomic mass is 16.5. The Kier molecular flexibility index (Phi) is 17.0. The van der Waals surface area contributed by atoms with Crippen LogP contribution >= 0.6 is 0 Å². The minimum atomic E-state index is -0.665. The zero-order chi connectivity index (χ0) is 33.5. The van der Waals surface area contributed by atoms with Crippen molar-refractivity contribution in [2.24, 2.45) is 5.41 Å². The van der Waals surface area contributed by atoms with Crippen molar-refractivity contribution in [3.63, 3.8) is 0 Å². The molecule has 1 atom stereocenters. The number of amides is 2. The molecule has 43 heavy (non-hydrogen) atoms. The van der Waals surface area contributed by atoms with Crippen LogP contribution in [-0.2, 0) is 38.1 Å². The number of hydrogen-bond acceptors (Lipinski definition) is 8. The first-order valence-corrected chi connectivity index (χ1v) is 15.2. The van der Waals surface area contributed by atoms with Gasteiger partial charge in [0.05, 0.1) is 24.4 Å². The number of hydrogen-bond donors (Lipinski definition) is 2. The summed E-state index contributed by atoms with van der Waals surface area (Å²) in [6.07, 6.45) is 5.31. The van der Waals surface area contributed by atoms with Crippen LogP contribution in [0.5, 0.6) is 0 Å². The van der Waals surface area contributed by atoms with Crippen molar-refractivity contribution in [2.75, 3.05) is 33.0 Å². The van der Waals surface area contributed by atoms with Gasteiger partial charge in [-0.2, -0.15) is 0 Å². The molecule has 2 N–H and O–H groups in total. The molecule has 0 aliphatic carbocycles. The maximum Gasteiger partial charge on any atom is 0.333 e. The zero-order valence-electron chi connectivity index (χ0n) is 28.5. The first-order chi connectivity index (χ1) is 19.7. The maximum absolute atomic E-state index is 12.3. The number of esters is 2. The fraction of sp³-hybridized carbons (Fsp3) is 0.758. The van der Waals surface area contributed by atoms with Gasteiger partial charge in [-0.1, -0.05) is 39.8 Å². The van der Waals surface area contributed by atoms with Gasteiger partial charge in [0, 0.05) is 23.3 Å². The second-order valence-corrected chi connectivity index (χ2v) is 13.6. The highest BCUT2D eigenvalue weighted by Gasteiger charge is 2.37. The van der Waals surface area contributed by atoms with E-state index in [1.165, 1.54) is 13.8 Å². The van der Waals surface area contributed by atoms with Gasteiger partial charge < -0.3 is 29.6 Å². The van der Waals surface area contributed by atoms with Gasteiger partial charge in [0.25, 0.3) is 11.8 Å². The Morgan fingerprint density at radius 2 is 1.21 bits per heavy atom. The lowest BCUT2D eigenvalue weighted by molar-refractivity contribution is -0.145. The van der Waals surface area contributed by atoms with Gasteiger partial charge in [-0.25, -0.2) is 9.59 Å². The molecule has 2 amide bonds. The molecule has 0 aliphatic heterocycles. The molecule has 1 unspecified atom stereocenters. The monoisotopic (exact) mass is 610 g/mol. The van der Waals surface area contributed by atoms with Crippen molar-refractivity contribution in [2.45, 2.75) is 124 Å². The molecular formula is C33H58N2O8. The van der Waals surface area contributed by atoms with Crippen LogP contribution < -0.4 is 10.6 Å². The lowest BCUT2D eigenvalue weighted by Gasteiger charge is -2.41. The van der Waals surface area contributed by atoms with Crippen LogP contribution in [0.2, 0.25) is 0 Å². The first kappa shape index (κ1) is 40.3. The Balaban J connectivity index is 5.09. The summed E-state index contributed by atoms with van der Waals surface area (Å²) in [5.41, 5.74) is -1.34. The highest BCUT2D eigenvalue weighted by molar-refractivity contribution is 5.90. The molecule has 0 radical (unpaired) electrons. The second-order valence-electron chi connectivity index (χ2n) is 13.6. The third kappa shape index (κ3) is 17.9. The van der Waals surface area contributed by atoms with Crippen molar-refractivity contribution in [3.05, 3.63) is 24.3 Å². The van der Waals surface area contributed by atoms with Crippen molar-refractivity contribution in [1.29, 1.82) is 0 Å². The van der Waals surface area contributed by atoms with Gasteiger partial charge in [0.15, 0.2) is 13.2 Å². The summed E-state index contributed by atoms with van der Waals surface area (Å²) < 4.78 is 22.5. The summed E-state index contributed by atoms with van der Waals surface area (Å²) in [6, 6.07) is 0. The summed E-state index contributed by atoms with van der Waals surface area (Å²) >= 11 is 0. The standard InChI is InChI=1S/C33H58N2O8/c1-13-15-16-33(14-2,23-40-22-31(9,10)35-27(37)20-42-29(39)25(5)6)21-32(11,12)43-18-17-30(7,8)34-26(36)19-41-28(38)24(3)4/h3,5,13-23H2,1-2,4,6-12H3,(H,34,36)(H,35,37). The van der Waals surface area contributed by atoms with E-state index in [2.05, 4.69) is 51.5 Å². The molecule has 0 saturated heterocycles. The maximum atomic E-state index is 12.3. The molecule has 0 spiro atoms. The van der Waals surface area contributed by atoms with Crippen LogP contribution in [0.15, 0.2) is 24.3 Å². The predicted molar refractivity (Wildman–Crippen MR) is 168 cm³/mol. The largest absolute Gasteiger partial charge is 0.452 e. The number of nitrogens with one attached hydrogen (secondary N) is 2. The average molecular weight is 611 g/mol. The van der Waals surface area contributed by atoms with E-state index < -0.39 is 34.5 Å². The molecule has 0 aliphatic rings. The van der Waals surface area contributed by atoms with E-state index in [0.717, 1.165) is 32.1 Å². The predicted octanol–water partition coefficient (Wildman–Crippen LogP) is 5.19. The minimum Gasteiger partial charge on any atom is -0.452 e.